The van der Waals surface area contributed by atoms with Crippen LogP contribution in [0.4, 0.5) is 0 Å². The van der Waals surface area contributed by atoms with Crippen molar-refractivity contribution in [3.8, 4) is 0 Å². The van der Waals surface area contributed by atoms with E-state index in [1.807, 2.05) is 23.9 Å². The first-order chi connectivity index (χ1) is 9.18. The molecule has 0 aromatic carbocycles. The second kappa shape index (κ2) is 6.98. The lowest BCUT2D eigenvalue weighted by molar-refractivity contribution is -0.147. The van der Waals surface area contributed by atoms with E-state index >= 15 is 0 Å². The maximum absolute atomic E-state index is 12.1. The molecule has 1 amide bonds. The van der Waals surface area contributed by atoms with Gasteiger partial charge in [-0.05, 0) is 43.1 Å². The van der Waals surface area contributed by atoms with Crippen LogP contribution in [0.15, 0.2) is 12.2 Å². The van der Waals surface area contributed by atoms with Gasteiger partial charge in [0, 0.05) is 6.54 Å². The molecule has 1 saturated heterocycles. The Bertz CT molecular complexity index is 364. The topological polar surface area (TPSA) is 66.4 Å². The first-order valence-electron chi connectivity index (χ1n) is 6.91. The average Bonchev–Trinajstić information content (AvgIpc) is 2.46. The molecule has 0 aromatic rings. The van der Waals surface area contributed by atoms with E-state index in [1.54, 1.807) is 0 Å². The minimum atomic E-state index is -0.862. The summed E-state index contributed by atoms with van der Waals surface area (Å²) in [5.41, 5.74) is 0. The molecule has 4 nitrogen and oxygen atoms in total. The van der Waals surface area contributed by atoms with Gasteiger partial charge < -0.3 is 10.4 Å². The number of hydrogen-bond donors (Lipinski definition) is 2. The number of amides is 1. The Kier molecular flexibility index (Phi) is 5.31. The van der Waals surface area contributed by atoms with E-state index < -0.39 is 17.8 Å². The van der Waals surface area contributed by atoms with Crippen LogP contribution in [0.2, 0.25) is 0 Å². The van der Waals surface area contributed by atoms with Crippen molar-refractivity contribution in [2.75, 3.05) is 18.1 Å². The van der Waals surface area contributed by atoms with Gasteiger partial charge in [0.05, 0.1) is 11.8 Å². The molecule has 0 bridgehead atoms. The molecule has 0 aromatic heterocycles. The summed E-state index contributed by atoms with van der Waals surface area (Å²) in [6.45, 7) is 0.700. The van der Waals surface area contributed by atoms with Crippen molar-refractivity contribution in [3.05, 3.63) is 12.2 Å². The van der Waals surface area contributed by atoms with Crippen molar-refractivity contribution in [3.63, 3.8) is 0 Å². The zero-order valence-corrected chi connectivity index (χ0v) is 11.8. The fourth-order valence-corrected chi connectivity index (χ4v) is 3.91. The molecule has 1 fully saturated rings. The van der Waals surface area contributed by atoms with Crippen molar-refractivity contribution in [1.29, 1.82) is 0 Å². The molecule has 2 rings (SSSR count). The minimum Gasteiger partial charge on any atom is -0.481 e. The number of hydrogen-bond acceptors (Lipinski definition) is 3. The Morgan fingerprint density at radius 2 is 1.79 bits per heavy atom. The van der Waals surface area contributed by atoms with Crippen molar-refractivity contribution in [2.45, 2.75) is 25.7 Å². The van der Waals surface area contributed by atoms with Crippen LogP contribution in [0.1, 0.15) is 25.7 Å². The molecule has 1 aliphatic carbocycles. The highest BCUT2D eigenvalue weighted by atomic mass is 32.2. The van der Waals surface area contributed by atoms with Gasteiger partial charge >= 0.3 is 5.97 Å². The summed E-state index contributed by atoms with van der Waals surface area (Å²) in [5, 5.41) is 12.1. The second-order valence-electron chi connectivity index (χ2n) is 5.29. The van der Waals surface area contributed by atoms with Gasteiger partial charge in [-0.2, -0.15) is 11.8 Å². The molecule has 2 aliphatic rings. The standard InChI is InChI=1S/C14H21NO3S/c16-13(15-9-10-5-7-19-8-6-10)11-3-1-2-4-12(11)14(17)18/h1-2,10-12H,3-9H2,(H,15,16)(H,17,18)/t11-,12+/m1/s1. The first kappa shape index (κ1) is 14.4. The predicted octanol–water partition coefficient (Wildman–Crippen LogP) is 1.91. The summed E-state index contributed by atoms with van der Waals surface area (Å²) in [5.74, 6) is 0.989. The highest BCUT2D eigenvalue weighted by Gasteiger charge is 2.33. The van der Waals surface area contributed by atoms with Gasteiger partial charge in [-0.15, -0.1) is 0 Å². The summed E-state index contributed by atoms with van der Waals surface area (Å²) in [4.78, 5) is 23.3. The highest BCUT2D eigenvalue weighted by molar-refractivity contribution is 7.99. The number of carboxylic acid groups (broad SMARTS) is 1. The lowest BCUT2D eigenvalue weighted by Crippen LogP contribution is -2.41. The Hall–Kier alpha value is -0.970. The molecule has 2 atom stereocenters. The van der Waals surface area contributed by atoms with Crippen molar-refractivity contribution in [1.82, 2.24) is 5.32 Å². The molecule has 106 valence electrons. The maximum atomic E-state index is 12.1. The number of allylic oxidation sites excluding steroid dienone is 2. The molecular weight excluding hydrogens is 262 g/mol. The van der Waals surface area contributed by atoms with E-state index in [1.165, 1.54) is 11.5 Å². The van der Waals surface area contributed by atoms with Crippen molar-refractivity contribution in [2.24, 2.45) is 17.8 Å². The summed E-state index contributed by atoms with van der Waals surface area (Å²) < 4.78 is 0. The van der Waals surface area contributed by atoms with Gasteiger partial charge in [-0.1, -0.05) is 12.2 Å². The second-order valence-corrected chi connectivity index (χ2v) is 6.52. The molecule has 2 N–H and O–H groups in total. The van der Waals surface area contributed by atoms with Gasteiger partial charge in [0.15, 0.2) is 0 Å². The third kappa shape index (κ3) is 4.00. The van der Waals surface area contributed by atoms with Crippen LogP contribution in [0.5, 0.6) is 0 Å². The maximum Gasteiger partial charge on any atom is 0.307 e. The molecule has 1 aliphatic heterocycles. The third-order valence-electron chi connectivity index (χ3n) is 3.99. The quantitative estimate of drug-likeness (QED) is 0.774. The van der Waals surface area contributed by atoms with Gasteiger partial charge in [0.2, 0.25) is 5.91 Å². The summed E-state index contributed by atoms with van der Waals surface area (Å²) in [6.07, 6.45) is 7.09. The van der Waals surface area contributed by atoms with Crippen molar-refractivity contribution >= 4 is 23.6 Å². The van der Waals surface area contributed by atoms with Crippen LogP contribution in [0, 0.1) is 17.8 Å². The fourth-order valence-electron chi connectivity index (χ4n) is 2.70. The van der Waals surface area contributed by atoms with Gasteiger partial charge in [0.25, 0.3) is 0 Å². The van der Waals surface area contributed by atoms with E-state index in [2.05, 4.69) is 5.32 Å². The monoisotopic (exact) mass is 283 g/mol. The van der Waals surface area contributed by atoms with Gasteiger partial charge in [0.1, 0.15) is 0 Å². The number of carboxylic acids is 1. The number of carbonyl (C=O) groups is 2. The smallest absolute Gasteiger partial charge is 0.307 e. The summed E-state index contributed by atoms with van der Waals surface area (Å²) in [6, 6.07) is 0. The van der Waals surface area contributed by atoms with Crippen LogP contribution >= 0.6 is 11.8 Å². The third-order valence-corrected chi connectivity index (χ3v) is 5.04. The normalized spacial score (nSPS) is 28.0. The van der Waals surface area contributed by atoms with Crippen LogP contribution in [0.3, 0.4) is 0 Å². The summed E-state index contributed by atoms with van der Waals surface area (Å²) >= 11 is 1.97. The molecule has 0 saturated carbocycles. The average molecular weight is 283 g/mol. The molecular formula is C14H21NO3S. The zero-order valence-electron chi connectivity index (χ0n) is 11.0. The Morgan fingerprint density at radius 1 is 1.16 bits per heavy atom. The summed E-state index contributed by atoms with van der Waals surface area (Å²) in [7, 11) is 0. The van der Waals surface area contributed by atoms with Crippen LogP contribution in [-0.2, 0) is 9.59 Å². The lowest BCUT2D eigenvalue weighted by atomic mass is 9.82. The van der Waals surface area contributed by atoms with Crippen LogP contribution in [-0.4, -0.2) is 35.0 Å². The Morgan fingerprint density at radius 3 is 2.42 bits per heavy atom. The largest absolute Gasteiger partial charge is 0.481 e. The Labute approximate surface area is 118 Å². The fraction of sp³-hybridized carbons (Fsp3) is 0.714. The van der Waals surface area contributed by atoms with E-state index in [0.29, 0.717) is 25.3 Å². The highest BCUT2D eigenvalue weighted by Crippen LogP contribution is 2.26. The first-order valence-corrected chi connectivity index (χ1v) is 8.07. The molecule has 1 heterocycles. The molecule has 0 spiro atoms. The van der Waals surface area contributed by atoms with Crippen LogP contribution in [0.25, 0.3) is 0 Å². The minimum absolute atomic E-state index is 0.0880. The molecule has 0 radical (unpaired) electrons. The van der Waals surface area contributed by atoms with E-state index in [9.17, 15) is 9.59 Å². The van der Waals surface area contributed by atoms with E-state index in [-0.39, 0.29) is 5.91 Å². The molecule has 0 unspecified atom stereocenters. The SMILES string of the molecule is O=C(O)[C@H]1CC=CC[C@H]1C(=O)NCC1CCSCC1. The van der Waals surface area contributed by atoms with Gasteiger partial charge in [-0.25, -0.2) is 0 Å². The lowest BCUT2D eigenvalue weighted by Gasteiger charge is -2.26. The van der Waals surface area contributed by atoms with Crippen molar-refractivity contribution < 1.29 is 14.7 Å². The molecule has 19 heavy (non-hydrogen) atoms. The van der Waals surface area contributed by atoms with E-state index in [0.717, 1.165) is 12.8 Å². The predicted molar refractivity (Wildman–Crippen MR) is 76.0 cm³/mol. The number of thioether (sulfide) groups is 1. The number of nitrogens with one attached hydrogen (secondary N) is 1. The zero-order chi connectivity index (χ0) is 13.7. The van der Waals surface area contributed by atoms with Crippen LogP contribution < -0.4 is 5.32 Å². The van der Waals surface area contributed by atoms with Gasteiger partial charge in [-0.3, -0.25) is 9.59 Å². The number of carbonyl (C=O) groups excluding carboxylic acids is 1. The number of rotatable bonds is 4. The van der Waals surface area contributed by atoms with E-state index in [4.69, 9.17) is 5.11 Å². The molecule has 5 heteroatoms. The number of aliphatic carboxylic acids is 1. The Balaban J connectivity index is 1.84.